The quantitative estimate of drug-likeness (QED) is 0.849. The molecule has 1 heterocycles. The van der Waals surface area contributed by atoms with Crippen molar-refractivity contribution in [3.05, 3.63) is 45.2 Å². The first-order chi connectivity index (χ1) is 10.1. The lowest BCUT2D eigenvalue weighted by molar-refractivity contribution is 0.0994. The summed E-state index contributed by atoms with van der Waals surface area (Å²) in [6, 6.07) is 5.70. The summed E-state index contributed by atoms with van der Waals surface area (Å²) in [6.07, 6.45) is 2.24. The van der Waals surface area contributed by atoms with Gasteiger partial charge in [-0.1, -0.05) is 19.1 Å². The number of Topliss-reactive ketones (excluding diaryl/α,β-unsaturated/α-hetero) is 1. The zero-order valence-corrected chi connectivity index (χ0v) is 13.7. The minimum absolute atomic E-state index is 0.213. The van der Waals surface area contributed by atoms with Gasteiger partial charge >= 0.3 is 0 Å². The third-order valence-corrected chi connectivity index (χ3v) is 4.82. The van der Waals surface area contributed by atoms with Crippen molar-refractivity contribution in [2.24, 2.45) is 7.05 Å². The standard InChI is InChI=1S/C16H17BrN2O2/c1-3-12-16(17)13(19(2)18-12)9-21-15-6-4-5-10-11(15)7-8-14(10)20/h4-6H,3,7-9H2,1-2H3. The van der Waals surface area contributed by atoms with Crippen molar-refractivity contribution in [2.75, 3.05) is 0 Å². The fourth-order valence-electron chi connectivity index (χ4n) is 2.72. The van der Waals surface area contributed by atoms with Gasteiger partial charge in [-0.25, -0.2) is 0 Å². The second-order valence-electron chi connectivity index (χ2n) is 5.18. The van der Waals surface area contributed by atoms with Crippen LogP contribution in [0.5, 0.6) is 5.75 Å². The number of aryl methyl sites for hydroxylation is 2. The van der Waals surface area contributed by atoms with E-state index in [9.17, 15) is 4.79 Å². The van der Waals surface area contributed by atoms with Crippen LogP contribution in [0.25, 0.3) is 0 Å². The summed E-state index contributed by atoms with van der Waals surface area (Å²) in [6.45, 7) is 2.52. The van der Waals surface area contributed by atoms with Crippen LogP contribution >= 0.6 is 15.9 Å². The maximum Gasteiger partial charge on any atom is 0.163 e. The van der Waals surface area contributed by atoms with Gasteiger partial charge < -0.3 is 4.74 Å². The zero-order valence-electron chi connectivity index (χ0n) is 12.1. The van der Waals surface area contributed by atoms with Crippen molar-refractivity contribution in [3.63, 3.8) is 0 Å². The molecule has 5 heteroatoms. The first-order valence-electron chi connectivity index (χ1n) is 7.10. The summed E-state index contributed by atoms with van der Waals surface area (Å²) < 4.78 is 8.81. The topological polar surface area (TPSA) is 44.1 Å². The van der Waals surface area contributed by atoms with Crippen molar-refractivity contribution >= 4 is 21.7 Å². The predicted octanol–water partition coefficient (Wildman–Crippen LogP) is 3.45. The van der Waals surface area contributed by atoms with E-state index in [2.05, 4.69) is 28.0 Å². The second kappa shape index (κ2) is 5.64. The fourth-order valence-corrected chi connectivity index (χ4v) is 3.45. The minimum Gasteiger partial charge on any atom is -0.487 e. The summed E-state index contributed by atoms with van der Waals surface area (Å²) >= 11 is 3.59. The second-order valence-corrected chi connectivity index (χ2v) is 5.97. The molecule has 110 valence electrons. The summed E-state index contributed by atoms with van der Waals surface area (Å²) in [4.78, 5) is 11.8. The number of nitrogens with zero attached hydrogens (tertiary/aromatic N) is 2. The molecule has 0 fully saturated rings. The first-order valence-corrected chi connectivity index (χ1v) is 7.89. The highest BCUT2D eigenvalue weighted by molar-refractivity contribution is 9.10. The van der Waals surface area contributed by atoms with Gasteiger partial charge in [0.1, 0.15) is 12.4 Å². The van der Waals surface area contributed by atoms with E-state index in [1.807, 2.05) is 29.9 Å². The number of halogens is 1. The third-order valence-electron chi connectivity index (χ3n) is 3.90. The molecule has 0 unspecified atom stereocenters. The van der Waals surface area contributed by atoms with Crippen molar-refractivity contribution in [3.8, 4) is 5.75 Å². The smallest absolute Gasteiger partial charge is 0.163 e. The summed E-state index contributed by atoms with van der Waals surface area (Å²) in [5, 5.41) is 4.46. The Bertz CT molecular complexity index is 707. The number of benzene rings is 1. The molecule has 0 N–H and O–H groups in total. The van der Waals surface area contributed by atoms with Crippen LogP contribution in [0.4, 0.5) is 0 Å². The van der Waals surface area contributed by atoms with Crippen LogP contribution in [0.3, 0.4) is 0 Å². The number of hydrogen-bond acceptors (Lipinski definition) is 3. The lowest BCUT2D eigenvalue weighted by Gasteiger charge is -2.10. The molecule has 0 saturated heterocycles. The van der Waals surface area contributed by atoms with Crippen LogP contribution in [-0.4, -0.2) is 15.6 Å². The Morgan fingerprint density at radius 1 is 1.38 bits per heavy atom. The van der Waals surface area contributed by atoms with Gasteiger partial charge in [0, 0.05) is 24.6 Å². The summed E-state index contributed by atoms with van der Waals surface area (Å²) in [5.74, 6) is 1.02. The molecule has 2 aromatic rings. The third kappa shape index (κ3) is 2.50. The van der Waals surface area contributed by atoms with E-state index in [0.29, 0.717) is 13.0 Å². The molecule has 4 nitrogen and oxygen atoms in total. The van der Waals surface area contributed by atoms with Crippen LogP contribution in [0.15, 0.2) is 22.7 Å². The zero-order chi connectivity index (χ0) is 15.0. The highest BCUT2D eigenvalue weighted by Gasteiger charge is 2.23. The van der Waals surface area contributed by atoms with Gasteiger partial charge in [-0.2, -0.15) is 5.10 Å². The van der Waals surface area contributed by atoms with Crippen LogP contribution in [0, 0.1) is 0 Å². The van der Waals surface area contributed by atoms with Crippen LogP contribution < -0.4 is 4.74 Å². The van der Waals surface area contributed by atoms with E-state index < -0.39 is 0 Å². The van der Waals surface area contributed by atoms with Crippen LogP contribution in [0.2, 0.25) is 0 Å². The molecule has 3 rings (SSSR count). The Morgan fingerprint density at radius 2 is 2.19 bits per heavy atom. The number of fused-ring (bicyclic) bond motifs is 1. The molecule has 0 bridgehead atoms. The van der Waals surface area contributed by atoms with Crippen molar-refractivity contribution in [1.82, 2.24) is 9.78 Å². The molecule has 1 aromatic heterocycles. The molecule has 1 aliphatic carbocycles. The SMILES string of the molecule is CCc1nn(C)c(COc2cccc3c2CCC3=O)c1Br. The lowest BCUT2D eigenvalue weighted by atomic mass is 10.1. The highest BCUT2D eigenvalue weighted by atomic mass is 79.9. The number of carbonyl (C=O) groups is 1. The number of ketones is 1. The van der Waals surface area contributed by atoms with E-state index in [1.54, 1.807) is 0 Å². The van der Waals surface area contributed by atoms with Gasteiger partial charge in [0.15, 0.2) is 5.78 Å². The molecule has 0 atom stereocenters. The van der Waals surface area contributed by atoms with Crippen molar-refractivity contribution in [1.29, 1.82) is 0 Å². The van der Waals surface area contributed by atoms with E-state index in [4.69, 9.17) is 4.74 Å². The number of aromatic nitrogens is 2. The monoisotopic (exact) mass is 348 g/mol. The first kappa shape index (κ1) is 14.3. The van der Waals surface area contributed by atoms with Gasteiger partial charge in [0.05, 0.1) is 15.9 Å². The Kier molecular flexibility index (Phi) is 3.85. The van der Waals surface area contributed by atoms with Crippen molar-refractivity contribution < 1.29 is 9.53 Å². The number of carbonyl (C=O) groups excluding carboxylic acids is 1. The number of rotatable bonds is 4. The van der Waals surface area contributed by atoms with E-state index >= 15 is 0 Å². The Balaban J connectivity index is 1.84. The Morgan fingerprint density at radius 3 is 2.90 bits per heavy atom. The number of hydrogen-bond donors (Lipinski definition) is 0. The van der Waals surface area contributed by atoms with Gasteiger partial charge in [-0.15, -0.1) is 0 Å². The lowest BCUT2D eigenvalue weighted by Crippen LogP contribution is -2.05. The molecule has 0 saturated carbocycles. The van der Waals surface area contributed by atoms with Crippen LogP contribution in [0.1, 0.15) is 40.7 Å². The maximum atomic E-state index is 11.8. The molecule has 0 radical (unpaired) electrons. The van der Waals surface area contributed by atoms with E-state index in [0.717, 1.165) is 45.6 Å². The van der Waals surface area contributed by atoms with Crippen LogP contribution in [-0.2, 0) is 26.5 Å². The van der Waals surface area contributed by atoms with E-state index in [-0.39, 0.29) is 5.78 Å². The van der Waals surface area contributed by atoms with E-state index in [1.165, 1.54) is 0 Å². The molecule has 21 heavy (non-hydrogen) atoms. The van der Waals surface area contributed by atoms with Gasteiger partial charge in [-0.3, -0.25) is 9.48 Å². The molecule has 1 aromatic carbocycles. The molecular formula is C16H17BrN2O2. The predicted molar refractivity (Wildman–Crippen MR) is 83.7 cm³/mol. The van der Waals surface area contributed by atoms with Gasteiger partial charge in [0.25, 0.3) is 0 Å². The fraction of sp³-hybridized carbons (Fsp3) is 0.375. The summed E-state index contributed by atoms with van der Waals surface area (Å²) in [5.41, 5.74) is 3.89. The largest absolute Gasteiger partial charge is 0.487 e. The Labute approximate surface area is 132 Å². The molecule has 0 aliphatic heterocycles. The molecule has 0 amide bonds. The van der Waals surface area contributed by atoms with Gasteiger partial charge in [-0.05, 0) is 34.8 Å². The molecule has 0 spiro atoms. The van der Waals surface area contributed by atoms with Gasteiger partial charge in [0.2, 0.25) is 0 Å². The van der Waals surface area contributed by atoms with Crippen molar-refractivity contribution in [2.45, 2.75) is 32.8 Å². The summed E-state index contributed by atoms with van der Waals surface area (Å²) in [7, 11) is 1.92. The highest BCUT2D eigenvalue weighted by Crippen LogP contribution is 2.31. The Hall–Kier alpha value is -1.62. The minimum atomic E-state index is 0.213. The average Bonchev–Trinajstić information content (AvgIpc) is 2.99. The normalized spacial score (nSPS) is 13.6. The average molecular weight is 349 g/mol. The molecular weight excluding hydrogens is 332 g/mol. The molecule has 1 aliphatic rings. The number of ether oxygens (including phenoxy) is 1. The maximum absolute atomic E-state index is 11.8.